The third kappa shape index (κ3) is 7.33. The van der Waals surface area contributed by atoms with Crippen LogP contribution in [0.5, 0.6) is 0 Å². The van der Waals surface area contributed by atoms with Crippen LogP contribution in [0.25, 0.3) is 38.6 Å². The van der Waals surface area contributed by atoms with Crippen molar-refractivity contribution in [2.45, 2.75) is 0 Å². The first kappa shape index (κ1) is 38.3. The molecule has 0 unspecified atom stereocenters. The Morgan fingerprint density at radius 3 is 1.12 bits per heavy atom. The lowest BCUT2D eigenvalue weighted by Crippen LogP contribution is -2.14. The van der Waals surface area contributed by atoms with E-state index >= 15 is 0 Å². The zero-order valence-electron chi connectivity index (χ0n) is 35.2. The molecule has 0 spiro atoms. The molecule has 0 bridgehead atoms. The van der Waals surface area contributed by atoms with Crippen molar-refractivity contribution in [2.24, 2.45) is 0 Å². The molecule has 0 amide bonds. The van der Waals surface area contributed by atoms with E-state index < -0.39 is 0 Å². The van der Waals surface area contributed by atoms with Gasteiger partial charge in [0.05, 0.1) is 11.0 Å². The van der Waals surface area contributed by atoms with Gasteiger partial charge in [0.25, 0.3) is 0 Å². The SMILES string of the molecule is c1ccc(-c2cccc(N(c3ccccc3)c3cccc(N(c4cccc(N(c5ccccc5)c5ccccc5)c4)c4ccc5c6ccccc6n(-c6ccccc6)c5c4)c3)c2)cc1. The number of hydrogen-bond acceptors (Lipinski definition) is 3. The molecule has 1 heterocycles. The van der Waals surface area contributed by atoms with Gasteiger partial charge in [0.2, 0.25) is 0 Å². The van der Waals surface area contributed by atoms with Crippen LogP contribution in [0.2, 0.25) is 0 Å². The quantitative estimate of drug-likeness (QED) is 0.129. The van der Waals surface area contributed by atoms with Crippen LogP contribution in [-0.4, -0.2) is 4.57 Å². The Hall–Kier alpha value is -8.60. The van der Waals surface area contributed by atoms with Crippen molar-refractivity contribution < 1.29 is 0 Å². The first-order valence-corrected chi connectivity index (χ1v) is 21.8. The summed E-state index contributed by atoms with van der Waals surface area (Å²) in [6, 6.07) is 95.4. The van der Waals surface area contributed by atoms with Crippen LogP contribution in [0.15, 0.2) is 267 Å². The maximum absolute atomic E-state index is 2.40. The minimum atomic E-state index is 1.03. The summed E-state index contributed by atoms with van der Waals surface area (Å²) in [5, 5.41) is 2.43. The van der Waals surface area contributed by atoms with Crippen LogP contribution in [-0.2, 0) is 0 Å². The van der Waals surface area contributed by atoms with Crippen LogP contribution < -0.4 is 14.7 Å². The molecular weight excluding hydrogens is 777 g/mol. The molecule has 0 fully saturated rings. The Balaban J connectivity index is 1.12. The molecule has 4 heteroatoms. The number of nitrogens with zero attached hydrogens (tertiary/aromatic N) is 4. The Kier molecular flexibility index (Phi) is 10.2. The van der Waals surface area contributed by atoms with Crippen molar-refractivity contribution in [1.29, 1.82) is 0 Å². The highest BCUT2D eigenvalue weighted by atomic mass is 15.2. The molecule has 0 radical (unpaired) electrons. The summed E-state index contributed by atoms with van der Waals surface area (Å²) in [5.41, 5.74) is 15.3. The molecule has 0 aliphatic heterocycles. The van der Waals surface area contributed by atoms with E-state index in [4.69, 9.17) is 0 Å². The summed E-state index contributed by atoms with van der Waals surface area (Å²) in [7, 11) is 0. The number of para-hydroxylation sites is 5. The first-order chi connectivity index (χ1) is 31.8. The van der Waals surface area contributed by atoms with E-state index in [2.05, 4.69) is 286 Å². The maximum atomic E-state index is 2.40. The average Bonchev–Trinajstić information content (AvgIpc) is 3.70. The van der Waals surface area contributed by atoms with Crippen LogP contribution >= 0.6 is 0 Å². The monoisotopic (exact) mass is 820 g/mol. The van der Waals surface area contributed by atoms with Gasteiger partial charge in [0, 0.05) is 67.6 Å². The third-order valence-corrected chi connectivity index (χ3v) is 11.9. The number of anilines is 9. The number of hydrogen-bond donors (Lipinski definition) is 0. The molecule has 10 aromatic carbocycles. The van der Waals surface area contributed by atoms with Gasteiger partial charge in [-0.2, -0.15) is 0 Å². The zero-order valence-corrected chi connectivity index (χ0v) is 35.2. The molecule has 0 aliphatic carbocycles. The minimum Gasteiger partial charge on any atom is -0.310 e. The fourth-order valence-corrected chi connectivity index (χ4v) is 9.02. The summed E-state index contributed by atoms with van der Waals surface area (Å²) in [4.78, 5) is 7.08. The van der Waals surface area contributed by atoms with Crippen molar-refractivity contribution in [3.05, 3.63) is 267 Å². The summed E-state index contributed by atoms with van der Waals surface area (Å²) in [6.07, 6.45) is 0. The molecule has 4 nitrogen and oxygen atoms in total. The summed E-state index contributed by atoms with van der Waals surface area (Å²) >= 11 is 0. The van der Waals surface area contributed by atoms with Crippen molar-refractivity contribution in [1.82, 2.24) is 4.57 Å². The van der Waals surface area contributed by atoms with Gasteiger partial charge in [-0.3, -0.25) is 0 Å². The number of aromatic nitrogens is 1. The first-order valence-electron chi connectivity index (χ1n) is 21.8. The van der Waals surface area contributed by atoms with E-state index in [-0.39, 0.29) is 0 Å². The van der Waals surface area contributed by atoms with Gasteiger partial charge < -0.3 is 19.3 Å². The van der Waals surface area contributed by atoms with Gasteiger partial charge in [0.15, 0.2) is 0 Å². The smallest absolute Gasteiger partial charge is 0.0561 e. The van der Waals surface area contributed by atoms with Crippen LogP contribution in [0.4, 0.5) is 51.2 Å². The standard InChI is InChI=1S/C60H44N4/c1-6-21-45(22-7-1)46-23-18-32-51(41-46)62(49-28-12-4-13-29-49)53-34-20-36-55(43-53)63(54-35-19-33-52(42-54)61(47-24-8-2-9-25-47)48-26-10-3-11-27-48)56-39-40-58-57-37-16-17-38-59(57)64(60(58)44-56)50-30-14-5-15-31-50/h1-44H. The predicted octanol–water partition coefficient (Wildman–Crippen LogP) is 16.9. The van der Waals surface area contributed by atoms with Gasteiger partial charge in [0.1, 0.15) is 0 Å². The second-order valence-electron chi connectivity index (χ2n) is 15.9. The van der Waals surface area contributed by atoms with E-state index in [1.165, 1.54) is 21.9 Å². The Morgan fingerprint density at radius 1 is 0.219 bits per heavy atom. The number of fused-ring (bicyclic) bond motifs is 3. The molecule has 0 saturated heterocycles. The topological polar surface area (TPSA) is 14.7 Å². The molecule has 0 aliphatic rings. The van der Waals surface area contributed by atoms with Gasteiger partial charge >= 0.3 is 0 Å². The molecule has 0 N–H and O–H groups in total. The lowest BCUT2D eigenvalue weighted by Gasteiger charge is -2.31. The normalized spacial score (nSPS) is 11.1. The highest BCUT2D eigenvalue weighted by molar-refractivity contribution is 6.10. The predicted molar refractivity (Wildman–Crippen MR) is 270 cm³/mol. The molecule has 304 valence electrons. The largest absolute Gasteiger partial charge is 0.310 e. The highest BCUT2D eigenvalue weighted by Gasteiger charge is 2.22. The van der Waals surface area contributed by atoms with E-state index in [0.717, 1.165) is 68.0 Å². The van der Waals surface area contributed by atoms with Crippen molar-refractivity contribution in [2.75, 3.05) is 14.7 Å². The van der Waals surface area contributed by atoms with E-state index in [1.807, 2.05) is 0 Å². The lowest BCUT2D eigenvalue weighted by atomic mass is 10.0. The van der Waals surface area contributed by atoms with Gasteiger partial charge in [-0.25, -0.2) is 0 Å². The fourth-order valence-electron chi connectivity index (χ4n) is 9.02. The Bertz CT molecular complexity index is 3290. The summed E-state index contributed by atoms with van der Waals surface area (Å²) in [6.45, 7) is 0. The lowest BCUT2D eigenvalue weighted by molar-refractivity contribution is 1.18. The second kappa shape index (κ2) is 17.0. The van der Waals surface area contributed by atoms with Gasteiger partial charge in [-0.05, 0) is 126 Å². The van der Waals surface area contributed by atoms with Gasteiger partial charge in [-0.15, -0.1) is 0 Å². The molecule has 64 heavy (non-hydrogen) atoms. The van der Waals surface area contributed by atoms with Crippen molar-refractivity contribution >= 4 is 73.0 Å². The van der Waals surface area contributed by atoms with Crippen molar-refractivity contribution in [3.63, 3.8) is 0 Å². The van der Waals surface area contributed by atoms with E-state index in [1.54, 1.807) is 0 Å². The average molecular weight is 821 g/mol. The second-order valence-corrected chi connectivity index (χ2v) is 15.9. The third-order valence-electron chi connectivity index (χ3n) is 11.9. The fraction of sp³-hybridized carbons (Fsp3) is 0. The summed E-state index contributed by atoms with van der Waals surface area (Å²) < 4.78 is 2.39. The number of benzene rings is 10. The van der Waals surface area contributed by atoms with Crippen molar-refractivity contribution in [3.8, 4) is 16.8 Å². The Labute approximate surface area is 374 Å². The van der Waals surface area contributed by atoms with Crippen LogP contribution in [0.1, 0.15) is 0 Å². The van der Waals surface area contributed by atoms with Crippen LogP contribution in [0, 0.1) is 0 Å². The molecule has 0 saturated carbocycles. The van der Waals surface area contributed by atoms with E-state index in [0.29, 0.717) is 0 Å². The highest BCUT2D eigenvalue weighted by Crippen LogP contribution is 2.45. The molecular formula is C60H44N4. The van der Waals surface area contributed by atoms with Crippen LogP contribution in [0.3, 0.4) is 0 Å². The molecule has 11 aromatic rings. The summed E-state index contributed by atoms with van der Waals surface area (Å²) in [5.74, 6) is 0. The minimum absolute atomic E-state index is 1.03. The zero-order chi connectivity index (χ0) is 42.7. The molecule has 0 atom stereocenters. The molecule has 1 aromatic heterocycles. The number of rotatable bonds is 11. The van der Waals surface area contributed by atoms with E-state index in [9.17, 15) is 0 Å². The molecule has 11 rings (SSSR count). The van der Waals surface area contributed by atoms with Gasteiger partial charge in [-0.1, -0.05) is 152 Å². The maximum Gasteiger partial charge on any atom is 0.0561 e. The Morgan fingerprint density at radius 2 is 0.578 bits per heavy atom.